The van der Waals surface area contributed by atoms with Crippen LogP contribution in [0, 0.1) is 0 Å². The zero-order chi connectivity index (χ0) is 10.1. The molecule has 0 amide bonds. The van der Waals surface area contributed by atoms with Gasteiger partial charge in [0.2, 0.25) is 0 Å². The highest BCUT2D eigenvalue weighted by Gasteiger charge is 2.24. The van der Waals surface area contributed by atoms with Crippen molar-refractivity contribution in [3.05, 3.63) is 21.2 Å². The van der Waals surface area contributed by atoms with Gasteiger partial charge in [-0.15, -0.1) is 0 Å². The van der Waals surface area contributed by atoms with E-state index in [-0.39, 0.29) is 0 Å². The highest BCUT2D eigenvalue weighted by molar-refractivity contribution is 9.11. The molecule has 0 saturated carbocycles. The van der Waals surface area contributed by atoms with Crippen LogP contribution in [-0.4, -0.2) is 28.7 Å². The molecule has 78 valence electrons. The van der Waals surface area contributed by atoms with Gasteiger partial charge in [0.25, 0.3) is 0 Å². The lowest BCUT2D eigenvalue weighted by molar-refractivity contribution is 0.194. The average Bonchev–Trinajstić information content (AvgIpc) is 2.30. The number of likely N-dealkylation sites (N-methyl/N-ethyl adjacent to an activating group) is 1. The summed E-state index contributed by atoms with van der Waals surface area (Å²) in [5.41, 5.74) is 0. The Morgan fingerprint density at radius 1 is 1.57 bits per heavy atom. The molecule has 0 saturated heterocycles. The Bertz CT molecular complexity index is 338. The predicted octanol–water partition coefficient (Wildman–Crippen LogP) is 1.90. The Hall–Kier alpha value is -0.130. The van der Waals surface area contributed by atoms with Crippen LogP contribution in [0.15, 0.2) is 21.2 Å². The molecule has 0 aromatic heterocycles. The smallest absolute Gasteiger partial charge is 0.130 e. The monoisotopic (exact) mass is 277 g/mol. The van der Waals surface area contributed by atoms with E-state index in [0.29, 0.717) is 13.2 Å². The van der Waals surface area contributed by atoms with Gasteiger partial charge >= 0.3 is 0 Å². The first kappa shape index (κ1) is 10.4. The molecule has 1 atom stereocenters. The van der Waals surface area contributed by atoms with Crippen molar-refractivity contribution in [2.24, 2.45) is 0 Å². The number of allylic oxidation sites excluding steroid dienone is 3. The number of hydrogen-bond acceptors (Lipinski definition) is 2. The molecule has 1 unspecified atom stereocenters. The predicted molar refractivity (Wildman–Crippen MR) is 60.0 cm³/mol. The molecule has 0 radical (unpaired) electrons. The zero-order valence-electron chi connectivity index (χ0n) is 7.96. The van der Waals surface area contributed by atoms with Crippen LogP contribution < -0.4 is 0 Å². The summed E-state index contributed by atoms with van der Waals surface area (Å²) in [6.45, 7) is 1.34. The van der Waals surface area contributed by atoms with Crippen molar-refractivity contribution in [1.82, 2.24) is 4.31 Å². The third kappa shape index (κ3) is 1.94. The standard InChI is InChI=1S/C9H12BrNO2S/c1-11-4-5-13-8-3-2-7(10)6-9(8)14(11)12/h6H,2-5H2,1H3. The van der Waals surface area contributed by atoms with Gasteiger partial charge in [-0.25, -0.2) is 8.51 Å². The van der Waals surface area contributed by atoms with E-state index >= 15 is 0 Å². The van der Waals surface area contributed by atoms with Crippen molar-refractivity contribution < 1.29 is 8.95 Å². The van der Waals surface area contributed by atoms with Crippen molar-refractivity contribution in [2.75, 3.05) is 20.2 Å². The summed E-state index contributed by atoms with van der Waals surface area (Å²) in [5.74, 6) is 0.899. The van der Waals surface area contributed by atoms with Crippen LogP contribution in [0.5, 0.6) is 0 Å². The van der Waals surface area contributed by atoms with Gasteiger partial charge in [0.1, 0.15) is 23.4 Å². The van der Waals surface area contributed by atoms with E-state index in [4.69, 9.17) is 4.74 Å². The molecule has 0 aromatic carbocycles. The second-order valence-electron chi connectivity index (χ2n) is 3.33. The molecular formula is C9H12BrNO2S. The zero-order valence-corrected chi connectivity index (χ0v) is 10.4. The highest BCUT2D eigenvalue weighted by Crippen LogP contribution is 2.31. The fourth-order valence-corrected chi connectivity index (χ4v) is 3.24. The molecule has 0 fully saturated rings. The lowest BCUT2D eigenvalue weighted by atomic mass is 10.1. The molecule has 14 heavy (non-hydrogen) atoms. The van der Waals surface area contributed by atoms with Crippen LogP contribution in [0.1, 0.15) is 12.8 Å². The third-order valence-corrected chi connectivity index (χ3v) is 4.40. The molecule has 1 aliphatic carbocycles. The van der Waals surface area contributed by atoms with Crippen LogP contribution in [0.2, 0.25) is 0 Å². The van der Waals surface area contributed by atoms with Gasteiger partial charge in [-0.2, -0.15) is 0 Å². The molecule has 3 nitrogen and oxygen atoms in total. The number of ether oxygens (including phenoxy) is 1. The van der Waals surface area contributed by atoms with E-state index in [1.54, 1.807) is 0 Å². The van der Waals surface area contributed by atoms with Gasteiger partial charge in [-0.1, -0.05) is 15.9 Å². The second kappa shape index (κ2) is 4.16. The average molecular weight is 278 g/mol. The summed E-state index contributed by atoms with van der Waals surface area (Å²) >= 11 is 3.44. The first-order valence-electron chi connectivity index (χ1n) is 4.53. The van der Waals surface area contributed by atoms with E-state index < -0.39 is 11.0 Å². The summed E-state index contributed by atoms with van der Waals surface area (Å²) in [6, 6.07) is 0. The summed E-state index contributed by atoms with van der Waals surface area (Å²) in [6.07, 6.45) is 3.72. The molecular weight excluding hydrogens is 266 g/mol. The van der Waals surface area contributed by atoms with E-state index in [2.05, 4.69) is 15.9 Å². The molecule has 0 N–H and O–H groups in total. The topological polar surface area (TPSA) is 29.5 Å². The highest BCUT2D eigenvalue weighted by atomic mass is 79.9. The number of rotatable bonds is 0. The van der Waals surface area contributed by atoms with E-state index in [1.165, 1.54) is 0 Å². The fraction of sp³-hybridized carbons (Fsp3) is 0.556. The van der Waals surface area contributed by atoms with E-state index in [9.17, 15) is 4.21 Å². The quantitative estimate of drug-likeness (QED) is 0.677. The maximum Gasteiger partial charge on any atom is 0.130 e. The van der Waals surface area contributed by atoms with Crippen molar-refractivity contribution in [1.29, 1.82) is 0 Å². The van der Waals surface area contributed by atoms with Crippen LogP contribution in [0.3, 0.4) is 0 Å². The lowest BCUT2D eigenvalue weighted by Crippen LogP contribution is -2.23. The number of hydrogen-bond donors (Lipinski definition) is 0. The molecule has 1 heterocycles. The Balaban J connectivity index is 2.36. The van der Waals surface area contributed by atoms with Gasteiger partial charge in [0, 0.05) is 20.0 Å². The van der Waals surface area contributed by atoms with Crippen LogP contribution in [-0.2, 0) is 15.7 Å². The maximum absolute atomic E-state index is 12.0. The van der Waals surface area contributed by atoms with Gasteiger partial charge in [-0.3, -0.25) is 0 Å². The largest absolute Gasteiger partial charge is 0.495 e. The number of halogens is 1. The Kier molecular flexibility index (Phi) is 3.09. The normalized spacial score (nSPS) is 29.0. The van der Waals surface area contributed by atoms with Gasteiger partial charge in [-0.05, 0) is 17.0 Å². The van der Waals surface area contributed by atoms with Crippen molar-refractivity contribution in [3.8, 4) is 0 Å². The molecule has 0 bridgehead atoms. The minimum absolute atomic E-state index is 0.631. The summed E-state index contributed by atoms with van der Waals surface area (Å²) in [7, 11) is 0.795. The number of nitrogens with zero attached hydrogens (tertiary/aromatic N) is 1. The Morgan fingerprint density at radius 3 is 3.14 bits per heavy atom. The van der Waals surface area contributed by atoms with Gasteiger partial charge in [0.05, 0.1) is 4.91 Å². The lowest BCUT2D eigenvalue weighted by Gasteiger charge is -2.15. The van der Waals surface area contributed by atoms with Gasteiger partial charge in [0.15, 0.2) is 0 Å². The fourth-order valence-electron chi connectivity index (χ4n) is 1.49. The van der Waals surface area contributed by atoms with Crippen molar-refractivity contribution in [3.63, 3.8) is 0 Å². The van der Waals surface area contributed by atoms with Crippen LogP contribution >= 0.6 is 15.9 Å². The SMILES string of the molecule is CN1CCOC2=C(C=C(Br)CC2)S1=O. The van der Waals surface area contributed by atoms with Crippen molar-refractivity contribution >= 4 is 26.9 Å². The molecule has 5 heteroatoms. The summed E-state index contributed by atoms with van der Waals surface area (Å²) < 4.78 is 20.4. The molecule has 1 aliphatic heterocycles. The van der Waals surface area contributed by atoms with Crippen LogP contribution in [0.25, 0.3) is 0 Å². The maximum atomic E-state index is 12.0. The van der Waals surface area contributed by atoms with E-state index in [1.807, 2.05) is 17.4 Å². The summed E-state index contributed by atoms with van der Waals surface area (Å²) in [5, 5.41) is 0. The summed E-state index contributed by atoms with van der Waals surface area (Å²) in [4.78, 5) is 0.822. The molecule has 0 spiro atoms. The second-order valence-corrected chi connectivity index (χ2v) is 5.91. The Morgan fingerprint density at radius 2 is 2.36 bits per heavy atom. The van der Waals surface area contributed by atoms with Gasteiger partial charge < -0.3 is 4.74 Å². The first-order valence-corrected chi connectivity index (χ1v) is 6.43. The van der Waals surface area contributed by atoms with E-state index in [0.717, 1.165) is 28.0 Å². The molecule has 2 aliphatic rings. The minimum Gasteiger partial charge on any atom is -0.495 e. The molecule has 0 aromatic rings. The Labute approximate surface area is 94.5 Å². The molecule has 2 rings (SSSR count). The van der Waals surface area contributed by atoms with Crippen molar-refractivity contribution in [2.45, 2.75) is 12.8 Å². The minimum atomic E-state index is -1.06. The first-order chi connectivity index (χ1) is 6.68. The third-order valence-electron chi connectivity index (χ3n) is 2.31. The van der Waals surface area contributed by atoms with Crippen LogP contribution in [0.4, 0.5) is 0 Å².